The van der Waals surface area contributed by atoms with Crippen molar-refractivity contribution in [2.45, 2.75) is 0 Å². The number of hydrogen-bond acceptors (Lipinski definition) is 2. The molecule has 0 aliphatic rings. The number of halogens is 3. The molecule has 2 heterocycles. The Morgan fingerprint density at radius 2 is 1.07 bits per heavy atom. The summed E-state index contributed by atoms with van der Waals surface area (Å²) < 4.78 is 2.04. The zero-order valence-corrected chi connectivity index (χ0v) is 20.8. The molecule has 0 atom stereocenters. The molecule has 142 valence electrons. The summed E-state index contributed by atoms with van der Waals surface area (Å²) in [6, 6.07) is 29.6. The predicted octanol–water partition coefficient (Wildman–Crippen LogP) is 7.31. The van der Waals surface area contributed by atoms with E-state index in [1.165, 1.54) is 17.9 Å². The summed E-state index contributed by atoms with van der Waals surface area (Å²) in [4.78, 5) is 8.50. The van der Waals surface area contributed by atoms with Crippen LogP contribution in [0.1, 0.15) is 0 Å². The van der Waals surface area contributed by atoms with Crippen molar-refractivity contribution in [1.82, 2.24) is 9.97 Å². The summed E-state index contributed by atoms with van der Waals surface area (Å²) in [7, 11) is 4.64. The maximum absolute atomic E-state index is 4.64. The van der Waals surface area contributed by atoms with Gasteiger partial charge in [0.25, 0.3) is 0 Å². The molecule has 0 fully saturated rings. The first-order chi connectivity index (χ1) is 13.8. The molecule has 0 spiro atoms. The van der Waals surface area contributed by atoms with E-state index in [4.69, 9.17) is 0 Å². The molecule has 0 bridgehead atoms. The van der Waals surface area contributed by atoms with Crippen molar-refractivity contribution >= 4 is 41.4 Å². The molecule has 0 amide bonds. The molecule has 2 nitrogen and oxygen atoms in total. The molecule has 2 aromatic carbocycles. The summed E-state index contributed by atoms with van der Waals surface area (Å²) in [6.45, 7) is 0. The fourth-order valence-corrected chi connectivity index (χ4v) is 3.19. The Hall–Kier alpha value is -1.36. The van der Waals surface area contributed by atoms with Crippen molar-refractivity contribution in [2.75, 3.05) is 0 Å². The molecule has 4 rings (SSSR count). The molecule has 0 aliphatic carbocycles. The molecule has 0 N–H and O–H groups in total. The number of hydrogen-bond donors (Lipinski definition) is 0. The predicted molar refractivity (Wildman–Crippen MR) is 118 cm³/mol. The van der Waals surface area contributed by atoms with Crippen LogP contribution >= 0.6 is 41.4 Å². The second-order valence-corrected chi connectivity index (χ2v) is 6.92. The van der Waals surface area contributed by atoms with Crippen LogP contribution < -0.4 is 0 Å². The van der Waals surface area contributed by atoms with E-state index >= 15 is 0 Å². The summed E-state index contributed by atoms with van der Waals surface area (Å²) >= 11 is 8.40. The van der Waals surface area contributed by atoms with Gasteiger partial charge >= 0.3 is 27.5 Å². The van der Waals surface area contributed by atoms with E-state index in [1.807, 2.05) is 72.8 Å². The van der Waals surface area contributed by atoms with Crippen LogP contribution in [-0.4, -0.2) is 9.97 Å². The third kappa shape index (κ3) is 6.91. The average molecular weight is 694 g/mol. The van der Waals surface area contributed by atoms with Gasteiger partial charge < -0.3 is 9.97 Å². The second kappa shape index (κ2) is 13.0. The second-order valence-electron chi connectivity index (χ2n) is 5.22. The summed E-state index contributed by atoms with van der Waals surface area (Å²) in [5.74, 6) is 0. The van der Waals surface area contributed by atoms with Gasteiger partial charge in [-0.25, -0.2) is 0 Å². The molecule has 28 heavy (non-hydrogen) atoms. The van der Waals surface area contributed by atoms with Gasteiger partial charge in [-0.2, -0.15) is 0 Å². The Kier molecular flexibility index (Phi) is 10.6. The third-order valence-corrected chi connectivity index (χ3v) is 4.77. The van der Waals surface area contributed by atoms with Crippen LogP contribution in [0.4, 0.5) is 0 Å². The molecule has 0 radical (unpaired) electrons. The van der Waals surface area contributed by atoms with E-state index in [0.29, 0.717) is 0 Å². The standard InChI is InChI=1S/2C11H7BrN.ClH.Ir/c2*12-10-6-2-1-5-9(10)11-7-3-4-8-13-11;;/h2*1-4,6-8H;1H;/q2*-1;;+3/p-1. The van der Waals surface area contributed by atoms with Crippen LogP contribution in [-0.2, 0) is 17.9 Å². The van der Waals surface area contributed by atoms with Crippen molar-refractivity contribution < 1.29 is 17.9 Å². The molecule has 4 aromatic rings. The Morgan fingerprint density at radius 3 is 1.39 bits per heavy atom. The van der Waals surface area contributed by atoms with Gasteiger partial charge in [-0.15, -0.1) is 91.5 Å². The van der Waals surface area contributed by atoms with Crippen molar-refractivity contribution in [1.29, 1.82) is 0 Å². The first-order valence-electron chi connectivity index (χ1n) is 8.03. The van der Waals surface area contributed by atoms with E-state index in [9.17, 15) is 0 Å². The van der Waals surface area contributed by atoms with E-state index in [1.54, 1.807) is 12.4 Å². The zero-order valence-electron chi connectivity index (χ0n) is 14.4. The molecule has 0 unspecified atom stereocenters. The number of pyridine rings is 2. The van der Waals surface area contributed by atoms with E-state index < -0.39 is 0 Å². The van der Waals surface area contributed by atoms with E-state index in [2.05, 4.69) is 63.5 Å². The van der Waals surface area contributed by atoms with Gasteiger partial charge in [-0.3, -0.25) is 0 Å². The molecule has 6 heteroatoms. The van der Waals surface area contributed by atoms with Crippen LogP contribution in [0.5, 0.6) is 0 Å². The number of rotatable bonds is 2. The Labute approximate surface area is 196 Å². The van der Waals surface area contributed by atoms with Crippen LogP contribution in [0, 0.1) is 12.1 Å². The van der Waals surface area contributed by atoms with E-state index in [0.717, 1.165) is 31.5 Å². The summed E-state index contributed by atoms with van der Waals surface area (Å²) in [5.41, 5.74) is 3.89. The fraction of sp³-hybridized carbons (Fsp3) is 0. The van der Waals surface area contributed by atoms with Crippen molar-refractivity contribution in [2.24, 2.45) is 0 Å². The van der Waals surface area contributed by atoms with Gasteiger partial charge in [0.2, 0.25) is 0 Å². The van der Waals surface area contributed by atoms with Gasteiger partial charge in [-0.1, -0.05) is 33.2 Å². The minimum absolute atomic E-state index is 0.940. The quantitative estimate of drug-likeness (QED) is 0.206. The van der Waals surface area contributed by atoms with Gasteiger partial charge in [0.15, 0.2) is 0 Å². The van der Waals surface area contributed by atoms with Crippen molar-refractivity contribution in [3.8, 4) is 22.5 Å². The fourth-order valence-electron chi connectivity index (χ4n) is 2.25. The Morgan fingerprint density at radius 1 is 0.643 bits per heavy atom. The van der Waals surface area contributed by atoms with Crippen LogP contribution in [0.15, 0.2) is 94.1 Å². The molecule has 0 saturated carbocycles. The van der Waals surface area contributed by atoms with Gasteiger partial charge in [0.05, 0.1) is 0 Å². The van der Waals surface area contributed by atoms with Crippen LogP contribution in [0.25, 0.3) is 22.5 Å². The molecule has 0 saturated heterocycles. The van der Waals surface area contributed by atoms with Crippen molar-refractivity contribution in [3.63, 3.8) is 0 Å². The number of aromatic nitrogens is 2. The molecular weight excluding hydrogens is 680 g/mol. The monoisotopic (exact) mass is 692 g/mol. The van der Waals surface area contributed by atoms with Crippen LogP contribution in [0.2, 0.25) is 0 Å². The maximum atomic E-state index is 4.64. The molecule has 0 aliphatic heterocycles. The zero-order chi connectivity index (χ0) is 20.2. The van der Waals surface area contributed by atoms with Crippen LogP contribution in [0.3, 0.4) is 0 Å². The van der Waals surface area contributed by atoms with E-state index in [-0.39, 0.29) is 0 Å². The van der Waals surface area contributed by atoms with Crippen molar-refractivity contribution in [3.05, 3.63) is 106 Å². The number of nitrogens with zero attached hydrogens (tertiary/aromatic N) is 2. The normalized spacial score (nSPS) is 9.43. The average Bonchev–Trinajstić information content (AvgIpc) is 2.77. The SMILES string of the molecule is Brc1ccc[c-]c1-c1ccccn1.Brc1ccc[c-]c1-c1ccccn1.[Cl][Ir+2]. The Balaban J connectivity index is 0.000000184. The van der Waals surface area contributed by atoms with Gasteiger partial charge in [0, 0.05) is 12.4 Å². The van der Waals surface area contributed by atoms with Gasteiger partial charge in [-0.05, 0) is 23.5 Å². The summed E-state index contributed by atoms with van der Waals surface area (Å²) in [5, 5.41) is 0. The Bertz CT molecular complexity index is 889. The minimum atomic E-state index is 0.940. The third-order valence-electron chi connectivity index (χ3n) is 3.45. The summed E-state index contributed by atoms with van der Waals surface area (Å²) in [6.07, 6.45) is 3.56. The molecular formula is C22H14Br2ClIrN2. The first kappa shape index (κ1) is 22.9. The number of benzene rings is 2. The topological polar surface area (TPSA) is 25.8 Å². The first-order valence-corrected chi connectivity index (χ1v) is 12.6. The van der Waals surface area contributed by atoms with Gasteiger partial charge in [0.1, 0.15) is 0 Å². The molecule has 2 aromatic heterocycles.